The number of nitrogens with zero attached hydrogens (tertiary/aromatic N) is 1. The summed E-state index contributed by atoms with van der Waals surface area (Å²) in [7, 11) is 0. The lowest BCUT2D eigenvalue weighted by molar-refractivity contribution is 0.147. The molecular weight excluding hydrogens is 232 g/mol. The number of ether oxygens (including phenoxy) is 1. The highest BCUT2D eigenvalue weighted by Crippen LogP contribution is 2.12. The summed E-state index contributed by atoms with van der Waals surface area (Å²) in [6.07, 6.45) is -0.487. The highest BCUT2D eigenvalue weighted by molar-refractivity contribution is 5.99. The van der Waals surface area contributed by atoms with Crippen molar-refractivity contribution in [1.82, 2.24) is 0 Å². The van der Waals surface area contributed by atoms with E-state index in [2.05, 4.69) is 10.5 Å². The Morgan fingerprint density at radius 3 is 2.83 bits per heavy atom. The topological polar surface area (TPSA) is 70.9 Å². The first kappa shape index (κ1) is 14.0. The quantitative estimate of drug-likeness (QED) is 0.490. The van der Waals surface area contributed by atoms with Crippen LogP contribution >= 0.6 is 0 Å². The van der Waals surface area contributed by atoms with Crippen molar-refractivity contribution in [2.75, 3.05) is 11.9 Å². The van der Waals surface area contributed by atoms with E-state index >= 15 is 0 Å². The number of hydrogen-bond acceptors (Lipinski definition) is 4. The lowest BCUT2D eigenvalue weighted by atomic mass is 10.1. The van der Waals surface area contributed by atoms with Crippen molar-refractivity contribution in [2.45, 2.75) is 20.8 Å². The molecule has 0 fully saturated rings. The van der Waals surface area contributed by atoms with Gasteiger partial charge in [0.1, 0.15) is 0 Å². The second-order valence-corrected chi connectivity index (χ2v) is 4.38. The number of anilines is 1. The standard InChI is InChI=1S/C13H18N2O3/c1-9(2)8-18-13(16)14-12-6-4-5-11(7-12)10(3)15-17/h4-7,9,17H,8H2,1-3H3,(H,14,16)/b15-10+. The zero-order valence-corrected chi connectivity index (χ0v) is 10.8. The van der Waals surface area contributed by atoms with Crippen LogP contribution in [0.3, 0.4) is 0 Å². The van der Waals surface area contributed by atoms with Gasteiger partial charge in [0.2, 0.25) is 0 Å². The number of oxime groups is 1. The van der Waals surface area contributed by atoms with E-state index < -0.39 is 6.09 Å². The predicted molar refractivity (Wildman–Crippen MR) is 70.2 cm³/mol. The third kappa shape index (κ3) is 4.45. The Morgan fingerprint density at radius 2 is 2.22 bits per heavy atom. The first-order chi connectivity index (χ1) is 8.52. The molecule has 0 atom stereocenters. The van der Waals surface area contributed by atoms with E-state index in [1.165, 1.54) is 0 Å². The largest absolute Gasteiger partial charge is 0.449 e. The Balaban J connectivity index is 2.65. The summed E-state index contributed by atoms with van der Waals surface area (Å²) in [4.78, 5) is 11.5. The average Bonchev–Trinajstić information content (AvgIpc) is 2.35. The zero-order valence-electron chi connectivity index (χ0n) is 10.8. The second-order valence-electron chi connectivity index (χ2n) is 4.38. The molecule has 1 rings (SSSR count). The van der Waals surface area contributed by atoms with Crippen molar-refractivity contribution in [1.29, 1.82) is 0 Å². The molecule has 0 aromatic heterocycles. The SMILES string of the molecule is C/C(=N\O)c1cccc(NC(=O)OCC(C)C)c1. The van der Waals surface area contributed by atoms with Crippen LogP contribution in [-0.4, -0.2) is 23.6 Å². The van der Waals surface area contributed by atoms with E-state index in [1.54, 1.807) is 31.2 Å². The Hall–Kier alpha value is -2.04. The van der Waals surface area contributed by atoms with Gasteiger partial charge in [0, 0.05) is 11.3 Å². The van der Waals surface area contributed by atoms with E-state index in [-0.39, 0.29) is 0 Å². The normalized spacial score (nSPS) is 11.4. The summed E-state index contributed by atoms with van der Waals surface area (Å²) in [5.74, 6) is 0.297. The fraction of sp³-hybridized carbons (Fsp3) is 0.385. The highest BCUT2D eigenvalue weighted by atomic mass is 16.5. The van der Waals surface area contributed by atoms with Gasteiger partial charge in [-0.25, -0.2) is 4.79 Å². The summed E-state index contributed by atoms with van der Waals surface area (Å²) >= 11 is 0. The number of rotatable bonds is 4. The minimum Gasteiger partial charge on any atom is -0.449 e. The van der Waals surface area contributed by atoms with Gasteiger partial charge in [0.25, 0.3) is 0 Å². The molecule has 0 aliphatic rings. The summed E-state index contributed by atoms with van der Waals surface area (Å²) < 4.78 is 5.00. The summed E-state index contributed by atoms with van der Waals surface area (Å²) in [6.45, 7) is 5.99. The molecule has 5 heteroatoms. The molecule has 0 aliphatic carbocycles. The molecule has 0 saturated carbocycles. The molecule has 1 amide bonds. The first-order valence-corrected chi connectivity index (χ1v) is 5.75. The molecule has 2 N–H and O–H groups in total. The van der Waals surface area contributed by atoms with Crippen LogP contribution in [0.25, 0.3) is 0 Å². The molecular formula is C13H18N2O3. The highest BCUT2D eigenvalue weighted by Gasteiger charge is 2.06. The van der Waals surface area contributed by atoms with E-state index in [4.69, 9.17) is 9.94 Å². The molecule has 0 unspecified atom stereocenters. The minimum atomic E-state index is -0.487. The maximum absolute atomic E-state index is 11.5. The van der Waals surface area contributed by atoms with Crippen molar-refractivity contribution in [3.63, 3.8) is 0 Å². The summed E-state index contributed by atoms with van der Waals surface area (Å²) in [5.41, 5.74) is 1.82. The Labute approximate surface area is 106 Å². The number of amides is 1. The van der Waals surface area contributed by atoms with Crippen LogP contribution in [0.2, 0.25) is 0 Å². The molecule has 0 radical (unpaired) electrons. The Morgan fingerprint density at radius 1 is 1.50 bits per heavy atom. The van der Waals surface area contributed by atoms with Crippen molar-refractivity contribution in [2.24, 2.45) is 11.1 Å². The van der Waals surface area contributed by atoms with Crippen molar-refractivity contribution in [3.8, 4) is 0 Å². The molecule has 0 aliphatic heterocycles. The van der Waals surface area contributed by atoms with Crippen molar-refractivity contribution < 1.29 is 14.7 Å². The second kappa shape index (κ2) is 6.64. The number of nitrogens with one attached hydrogen (secondary N) is 1. The number of hydrogen-bond donors (Lipinski definition) is 2. The van der Waals surface area contributed by atoms with Gasteiger partial charge in [0.15, 0.2) is 0 Å². The van der Waals surface area contributed by atoms with Gasteiger partial charge in [-0.15, -0.1) is 0 Å². The summed E-state index contributed by atoms with van der Waals surface area (Å²) in [6, 6.07) is 7.01. The number of carbonyl (C=O) groups is 1. The maximum atomic E-state index is 11.5. The zero-order chi connectivity index (χ0) is 13.5. The van der Waals surface area contributed by atoms with Crippen LogP contribution in [0.5, 0.6) is 0 Å². The van der Waals surface area contributed by atoms with E-state index in [1.807, 2.05) is 13.8 Å². The molecule has 98 valence electrons. The van der Waals surface area contributed by atoms with Crippen molar-refractivity contribution >= 4 is 17.5 Å². The van der Waals surface area contributed by atoms with E-state index in [0.717, 1.165) is 5.56 Å². The fourth-order valence-electron chi connectivity index (χ4n) is 1.28. The minimum absolute atomic E-state index is 0.297. The van der Waals surface area contributed by atoms with Crippen LogP contribution in [0.15, 0.2) is 29.4 Å². The van der Waals surface area contributed by atoms with Crippen LogP contribution < -0.4 is 5.32 Å². The first-order valence-electron chi connectivity index (χ1n) is 5.75. The number of benzene rings is 1. The lowest BCUT2D eigenvalue weighted by Gasteiger charge is -2.09. The maximum Gasteiger partial charge on any atom is 0.411 e. The predicted octanol–water partition coefficient (Wildman–Crippen LogP) is 3.09. The molecule has 5 nitrogen and oxygen atoms in total. The van der Waals surface area contributed by atoms with Crippen LogP contribution in [0, 0.1) is 5.92 Å². The average molecular weight is 250 g/mol. The van der Waals surface area contributed by atoms with Gasteiger partial charge >= 0.3 is 6.09 Å². The van der Waals surface area contributed by atoms with Gasteiger partial charge in [0.05, 0.1) is 12.3 Å². The third-order valence-corrected chi connectivity index (χ3v) is 2.22. The van der Waals surface area contributed by atoms with Crippen molar-refractivity contribution in [3.05, 3.63) is 29.8 Å². The number of carbonyl (C=O) groups excluding carboxylic acids is 1. The van der Waals surface area contributed by atoms with Gasteiger partial charge in [-0.2, -0.15) is 0 Å². The molecule has 0 spiro atoms. The van der Waals surface area contributed by atoms with Crippen LogP contribution in [0.1, 0.15) is 26.3 Å². The molecule has 18 heavy (non-hydrogen) atoms. The Bertz CT molecular complexity index is 442. The van der Waals surface area contributed by atoms with E-state index in [9.17, 15) is 4.79 Å². The smallest absolute Gasteiger partial charge is 0.411 e. The van der Waals surface area contributed by atoms with Gasteiger partial charge in [-0.1, -0.05) is 31.1 Å². The van der Waals surface area contributed by atoms with Crippen LogP contribution in [-0.2, 0) is 4.74 Å². The van der Waals surface area contributed by atoms with E-state index in [0.29, 0.717) is 23.9 Å². The molecule has 0 saturated heterocycles. The molecule has 1 aromatic carbocycles. The molecule has 0 bridgehead atoms. The van der Waals surface area contributed by atoms with Gasteiger partial charge in [-0.05, 0) is 25.0 Å². The lowest BCUT2D eigenvalue weighted by Crippen LogP contribution is -2.16. The summed E-state index contributed by atoms with van der Waals surface area (Å²) in [5, 5.41) is 14.4. The third-order valence-electron chi connectivity index (χ3n) is 2.22. The fourth-order valence-corrected chi connectivity index (χ4v) is 1.28. The molecule has 0 heterocycles. The van der Waals surface area contributed by atoms with Gasteiger partial charge in [-0.3, -0.25) is 5.32 Å². The molecule has 1 aromatic rings. The van der Waals surface area contributed by atoms with Gasteiger partial charge < -0.3 is 9.94 Å². The monoisotopic (exact) mass is 250 g/mol. The van der Waals surface area contributed by atoms with Crippen LogP contribution in [0.4, 0.5) is 10.5 Å². The Kier molecular flexibility index (Phi) is 5.17.